The van der Waals surface area contributed by atoms with Gasteiger partial charge in [-0.15, -0.1) is 0 Å². The molecule has 15 heavy (non-hydrogen) atoms. The normalized spacial score (nSPS) is 31.9. The van der Waals surface area contributed by atoms with Crippen LogP contribution in [0.3, 0.4) is 0 Å². The molecule has 0 spiro atoms. The van der Waals surface area contributed by atoms with Gasteiger partial charge >= 0.3 is 0 Å². The molecule has 0 N–H and O–H groups in total. The van der Waals surface area contributed by atoms with Gasteiger partial charge < -0.3 is 4.74 Å². The van der Waals surface area contributed by atoms with Crippen molar-refractivity contribution in [1.82, 2.24) is 4.90 Å². The van der Waals surface area contributed by atoms with Crippen LogP contribution in [0.5, 0.6) is 0 Å². The third kappa shape index (κ3) is 2.74. The fourth-order valence-electron chi connectivity index (χ4n) is 2.35. The molecule has 4 heteroatoms. The molecule has 2 heterocycles. The summed E-state index contributed by atoms with van der Waals surface area (Å²) in [7, 11) is 0. The van der Waals surface area contributed by atoms with Gasteiger partial charge in [-0.3, -0.25) is 9.69 Å². The van der Waals surface area contributed by atoms with Crippen LogP contribution >= 0.6 is 11.8 Å². The minimum Gasteiger partial charge on any atom is -0.380 e. The van der Waals surface area contributed by atoms with Crippen LogP contribution in [-0.4, -0.2) is 55.0 Å². The van der Waals surface area contributed by atoms with Gasteiger partial charge in [-0.1, -0.05) is 0 Å². The number of hydrogen-bond donors (Lipinski definition) is 0. The van der Waals surface area contributed by atoms with E-state index < -0.39 is 0 Å². The topological polar surface area (TPSA) is 29.5 Å². The fourth-order valence-corrected chi connectivity index (χ4v) is 3.60. The highest BCUT2D eigenvalue weighted by atomic mass is 32.2. The van der Waals surface area contributed by atoms with E-state index in [1.807, 2.05) is 18.7 Å². The molecule has 0 saturated carbocycles. The van der Waals surface area contributed by atoms with E-state index in [1.54, 1.807) is 0 Å². The molecule has 2 fully saturated rings. The Labute approximate surface area is 95.5 Å². The van der Waals surface area contributed by atoms with Crippen LogP contribution in [-0.2, 0) is 9.53 Å². The van der Waals surface area contributed by atoms with Crippen molar-refractivity contribution in [2.45, 2.75) is 6.92 Å². The zero-order valence-corrected chi connectivity index (χ0v) is 10.1. The summed E-state index contributed by atoms with van der Waals surface area (Å²) in [6.45, 7) is 6.50. The summed E-state index contributed by atoms with van der Waals surface area (Å²) in [4.78, 5) is 14.2. The van der Waals surface area contributed by atoms with Crippen LogP contribution in [0, 0.1) is 11.8 Å². The quantitative estimate of drug-likeness (QED) is 0.670. The minimum absolute atomic E-state index is 0.295. The highest BCUT2D eigenvalue weighted by Crippen LogP contribution is 2.29. The lowest BCUT2D eigenvalue weighted by Crippen LogP contribution is -2.51. The molecule has 2 rings (SSSR count). The van der Waals surface area contributed by atoms with Crippen LogP contribution in [0.1, 0.15) is 6.92 Å². The minimum atomic E-state index is 0.295. The van der Waals surface area contributed by atoms with E-state index >= 15 is 0 Å². The second-order valence-corrected chi connectivity index (χ2v) is 5.37. The number of rotatable bonds is 4. The van der Waals surface area contributed by atoms with Gasteiger partial charge in [-0.25, -0.2) is 0 Å². The predicted octanol–water partition coefficient (Wildman–Crippen LogP) is 0.887. The van der Waals surface area contributed by atoms with Crippen LogP contribution < -0.4 is 0 Å². The lowest BCUT2D eigenvalue weighted by molar-refractivity contribution is -0.130. The lowest BCUT2D eigenvalue weighted by Gasteiger charge is -2.39. The third-order valence-corrected chi connectivity index (χ3v) is 4.43. The molecule has 2 aliphatic heterocycles. The molecule has 2 aliphatic rings. The van der Waals surface area contributed by atoms with Crippen LogP contribution in [0.25, 0.3) is 0 Å². The summed E-state index contributed by atoms with van der Waals surface area (Å²) in [5, 5.41) is 0. The average molecular weight is 229 g/mol. The van der Waals surface area contributed by atoms with Crippen molar-refractivity contribution in [1.29, 1.82) is 0 Å². The van der Waals surface area contributed by atoms with E-state index in [4.69, 9.17) is 4.74 Å². The van der Waals surface area contributed by atoms with Crippen molar-refractivity contribution in [2.24, 2.45) is 11.8 Å². The standard InChI is InChI=1S/C11H19NO2S/c1-2-14-4-3-12-5-9-7-15-8-10(6-12)11(9)13/h9-10H,2-8H2,1H3. The Morgan fingerprint density at radius 1 is 1.40 bits per heavy atom. The highest BCUT2D eigenvalue weighted by molar-refractivity contribution is 7.99. The van der Waals surface area contributed by atoms with Crippen molar-refractivity contribution in [3.05, 3.63) is 0 Å². The number of Topliss-reactive ketones (excluding diaryl/α,β-unsaturated/α-hetero) is 1. The van der Waals surface area contributed by atoms with Crippen LogP contribution in [0.15, 0.2) is 0 Å². The SMILES string of the molecule is CCOCCN1CC2CSCC(C1)C2=O. The number of ketones is 1. The number of hydrogen-bond acceptors (Lipinski definition) is 4. The summed E-state index contributed by atoms with van der Waals surface area (Å²) in [5.41, 5.74) is 0. The fraction of sp³-hybridized carbons (Fsp3) is 0.909. The predicted molar refractivity (Wildman–Crippen MR) is 62.2 cm³/mol. The molecule has 0 aromatic heterocycles. The number of nitrogens with zero attached hydrogens (tertiary/aromatic N) is 1. The van der Waals surface area contributed by atoms with E-state index in [0.29, 0.717) is 17.6 Å². The van der Waals surface area contributed by atoms with Gasteiger partial charge in [0.05, 0.1) is 6.61 Å². The van der Waals surface area contributed by atoms with Crippen molar-refractivity contribution in [3.8, 4) is 0 Å². The monoisotopic (exact) mass is 229 g/mol. The van der Waals surface area contributed by atoms with Gasteiger partial charge in [-0.05, 0) is 6.92 Å². The van der Waals surface area contributed by atoms with E-state index in [9.17, 15) is 4.79 Å². The molecule has 2 unspecified atom stereocenters. The first kappa shape index (κ1) is 11.4. The number of thioether (sulfide) groups is 1. The van der Waals surface area contributed by atoms with Crippen molar-refractivity contribution in [3.63, 3.8) is 0 Å². The van der Waals surface area contributed by atoms with Crippen molar-refractivity contribution in [2.75, 3.05) is 44.4 Å². The second-order valence-electron chi connectivity index (χ2n) is 4.29. The number of carbonyl (C=O) groups is 1. The van der Waals surface area contributed by atoms with Gasteiger partial charge in [0.25, 0.3) is 0 Å². The summed E-state index contributed by atoms with van der Waals surface area (Å²) in [6.07, 6.45) is 0. The molecular weight excluding hydrogens is 210 g/mol. The van der Waals surface area contributed by atoms with Gasteiger partial charge in [0.1, 0.15) is 5.78 Å². The molecular formula is C11H19NO2S. The zero-order valence-electron chi connectivity index (χ0n) is 9.28. The van der Waals surface area contributed by atoms with Gasteiger partial charge in [-0.2, -0.15) is 11.8 Å². The number of likely N-dealkylation sites (tertiary alicyclic amines) is 1. The van der Waals surface area contributed by atoms with E-state index in [2.05, 4.69) is 4.90 Å². The molecule has 0 aromatic rings. The maximum atomic E-state index is 11.8. The zero-order chi connectivity index (χ0) is 10.7. The molecule has 3 nitrogen and oxygen atoms in total. The third-order valence-electron chi connectivity index (χ3n) is 3.16. The Morgan fingerprint density at radius 2 is 2.07 bits per heavy atom. The molecule has 0 amide bonds. The molecule has 0 radical (unpaired) electrons. The van der Waals surface area contributed by atoms with Crippen LogP contribution in [0.4, 0.5) is 0 Å². The maximum absolute atomic E-state index is 11.8. The molecule has 2 atom stereocenters. The van der Waals surface area contributed by atoms with Gasteiger partial charge in [0.15, 0.2) is 0 Å². The van der Waals surface area contributed by atoms with Gasteiger partial charge in [0, 0.05) is 49.6 Å². The number of fused-ring (bicyclic) bond motifs is 2. The first-order valence-corrected chi connectivity index (χ1v) is 6.88. The number of carbonyl (C=O) groups excluding carboxylic acids is 1. The Balaban J connectivity index is 1.82. The first-order chi connectivity index (χ1) is 7.31. The van der Waals surface area contributed by atoms with Crippen LogP contribution in [0.2, 0.25) is 0 Å². The maximum Gasteiger partial charge on any atom is 0.143 e. The van der Waals surface area contributed by atoms with Gasteiger partial charge in [0.2, 0.25) is 0 Å². The number of piperidine rings is 1. The van der Waals surface area contributed by atoms with Crippen molar-refractivity contribution >= 4 is 17.5 Å². The average Bonchev–Trinajstić information content (AvgIpc) is 2.19. The number of ether oxygens (including phenoxy) is 1. The van der Waals surface area contributed by atoms with E-state index in [-0.39, 0.29) is 0 Å². The highest BCUT2D eigenvalue weighted by Gasteiger charge is 2.37. The molecule has 2 saturated heterocycles. The molecule has 2 bridgehead atoms. The van der Waals surface area contributed by atoms with Crippen molar-refractivity contribution < 1.29 is 9.53 Å². The summed E-state index contributed by atoms with van der Waals surface area (Å²) in [6, 6.07) is 0. The lowest BCUT2D eigenvalue weighted by atomic mass is 9.89. The summed E-state index contributed by atoms with van der Waals surface area (Å²) in [5.74, 6) is 3.16. The molecule has 0 aromatic carbocycles. The summed E-state index contributed by atoms with van der Waals surface area (Å²) >= 11 is 1.94. The smallest absolute Gasteiger partial charge is 0.143 e. The Bertz CT molecular complexity index is 219. The Kier molecular flexibility index (Phi) is 4.05. The Hall–Kier alpha value is -0.0600. The van der Waals surface area contributed by atoms with E-state index in [1.165, 1.54) is 0 Å². The Morgan fingerprint density at radius 3 is 2.67 bits per heavy atom. The first-order valence-electron chi connectivity index (χ1n) is 5.72. The van der Waals surface area contributed by atoms with E-state index in [0.717, 1.165) is 44.4 Å². The molecule has 0 aliphatic carbocycles. The molecule has 86 valence electrons. The second kappa shape index (κ2) is 5.32. The summed E-state index contributed by atoms with van der Waals surface area (Å²) < 4.78 is 5.35. The largest absolute Gasteiger partial charge is 0.380 e.